The summed E-state index contributed by atoms with van der Waals surface area (Å²) in [6.45, 7) is 0.707. The molecule has 0 N–H and O–H groups in total. The van der Waals surface area contributed by atoms with Gasteiger partial charge in [0.1, 0.15) is 16.2 Å². The molecule has 12 heteroatoms. The quantitative estimate of drug-likeness (QED) is 0.355. The predicted molar refractivity (Wildman–Crippen MR) is 121 cm³/mol. The number of ether oxygens (including phenoxy) is 3. The number of hydrogen-bond acceptors (Lipinski definition) is 9. The number of carbonyl (C=O) groups is 1. The minimum atomic E-state index is -3.81. The lowest BCUT2D eigenvalue weighted by atomic mass is 10.2. The molecule has 0 radical (unpaired) electrons. The molecule has 0 saturated carbocycles. The van der Waals surface area contributed by atoms with Crippen LogP contribution in [0.15, 0.2) is 58.2 Å². The van der Waals surface area contributed by atoms with Gasteiger partial charge in [-0.2, -0.15) is 8.99 Å². The average molecular weight is 487 g/mol. The number of rotatable bonds is 7. The van der Waals surface area contributed by atoms with Crippen molar-refractivity contribution in [3.05, 3.63) is 64.5 Å². The largest absolute Gasteiger partial charge is 0.495 e. The standard InChI is InChI=1S/C22H22N4O7S/c1-31-19-8-6-16(14-20(19)34(29,30)25-10-12-32-13-11-25)7-9-21(27)33-15-26-22(28)17-4-2-3-5-18(17)23-24-26/h2-9,14H,10-13,15H2,1H3/b9-7+. The van der Waals surface area contributed by atoms with Crippen molar-refractivity contribution in [2.24, 2.45) is 0 Å². The second kappa shape index (κ2) is 10.1. The highest BCUT2D eigenvalue weighted by molar-refractivity contribution is 7.89. The van der Waals surface area contributed by atoms with E-state index in [-0.39, 0.29) is 23.7 Å². The molecule has 2 heterocycles. The summed E-state index contributed by atoms with van der Waals surface area (Å²) in [6, 6.07) is 11.3. The lowest BCUT2D eigenvalue weighted by Gasteiger charge is -2.26. The third kappa shape index (κ3) is 4.98. The molecule has 1 fully saturated rings. The fourth-order valence-corrected chi connectivity index (χ4v) is 4.97. The Labute approximate surface area is 195 Å². The molecule has 0 spiro atoms. The predicted octanol–water partition coefficient (Wildman–Crippen LogP) is 1.04. The average Bonchev–Trinajstić information content (AvgIpc) is 2.87. The van der Waals surface area contributed by atoms with Crippen LogP contribution in [-0.2, 0) is 31.0 Å². The van der Waals surface area contributed by atoms with Crippen molar-refractivity contribution in [3.8, 4) is 5.75 Å². The van der Waals surface area contributed by atoms with Gasteiger partial charge in [-0.3, -0.25) is 4.79 Å². The molecule has 2 aromatic carbocycles. The zero-order valence-corrected chi connectivity index (χ0v) is 19.1. The Bertz CT molecular complexity index is 1400. The van der Waals surface area contributed by atoms with Crippen LogP contribution in [0.1, 0.15) is 5.56 Å². The maximum atomic E-state index is 13.1. The minimum Gasteiger partial charge on any atom is -0.495 e. The summed E-state index contributed by atoms with van der Waals surface area (Å²) in [5, 5.41) is 8.04. The maximum Gasteiger partial charge on any atom is 0.332 e. The molecule has 0 amide bonds. The van der Waals surface area contributed by atoms with Gasteiger partial charge in [0.15, 0.2) is 6.73 Å². The van der Waals surface area contributed by atoms with Crippen molar-refractivity contribution in [1.29, 1.82) is 0 Å². The van der Waals surface area contributed by atoms with E-state index in [1.54, 1.807) is 30.3 Å². The second-order valence-corrected chi connectivity index (χ2v) is 9.17. The molecular weight excluding hydrogens is 464 g/mol. The normalized spacial score (nSPS) is 15.0. The van der Waals surface area contributed by atoms with Gasteiger partial charge >= 0.3 is 5.97 Å². The van der Waals surface area contributed by atoms with E-state index in [1.807, 2.05) is 0 Å². The molecule has 34 heavy (non-hydrogen) atoms. The number of fused-ring (bicyclic) bond motifs is 1. The number of hydrogen-bond donors (Lipinski definition) is 0. The number of benzene rings is 2. The Hall–Kier alpha value is -3.61. The molecule has 1 saturated heterocycles. The first kappa shape index (κ1) is 23.5. The van der Waals surface area contributed by atoms with Gasteiger partial charge in [-0.05, 0) is 35.9 Å². The fraction of sp³-hybridized carbons (Fsp3) is 0.273. The van der Waals surface area contributed by atoms with Gasteiger partial charge in [0.2, 0.25) is 10.0 Å². The smallest absolute Gasteiger partial charge is 0.332 e. The molecule has 0 atom stereocenters. The first-order chi connectivity index (χ1) is 16.4. The summed E-state index contributed by atoms with van der Waals surface area (Å²) in [5.41, 5.74) is 0.458. The van der Waals surface area contributed by atoms with Gasteiger partial charge < -0.3 is 14.2 Å². The number of aromatic nitrogens is 3. The van der Waals surface area contributed by atoms with Crippen LogP contribution in [0.25, 0.3) is 17.0 Å². The van der Waals surface area contributed by atoms with E-state index < -0.39 is 28.3 Å². The summed E-state index contributed by atoms with van der Waals surface area (Å²) in [5.74, 6) is -0.546. The van der Waals surface area contributed by atoms with Crippen LogP contribution in [0.2, 0.25) is 0 Å². The van der Waals surface area contributed by atoms with Crippen LogP contribution in [0, 0.1) is 0 Å². The molecular formula is C22H22N4O7S. The van der Waals surface area contributed by atoms with E-state index in [2.05, 4.69) is 10.3 Å². The summed E-state index contributed by atoms with van der Waals surface area (Å²) < 4.78 is 44.0. The van der Waals surface area contributed by atoms with Crippen molar-refractivity contribution in [3.63, 3.8) is 0 Å². The Morgan fingerprint density at radius 2 is 1.94 bits per heavy atom. The van der Waals surface area contributed by atoms with E-state index >= 15 is 0 Å². The van der Waals surface area contributed by atoms with Crippen LogP contribution >= 0.6 is 0 Å². The summed E-state index contributed by atoms with van der Waals surface area (Å²) in [7, 11) is -2.42. The first-order valence-corrected chi connectivity index (χ1v) is 11.8. The Kier molecular flexibility index (Phi) is 7.01. The lowest BCUT2D eigenvalue weighted by Crippen LogP contribution is -2.40. The second-order valence-electron chi connectivity index (χ2n) is 7.26. The summed E-state index contributed by atoms with van der Waals surface area (Å²) >= 11 is 0. The van der Waals surface area contributed by atoms with Crippen LogP contribution in [0.5, 0.6) is 5.75 Å². The number of methoxy groups -OCH3 is 1. The number of morpholine rings is 1. The molecule has 1 aliphatic heterocycles. The van der Waals surface area contributed by atoms with Gasteiger partial charge in [-0.1, -0.05) is 23.4 Å². The topological polar surface area (TPSA) is 130 Å². The van der Waals surface area contributed by atoms with Gasteiger partial charge in [0.05, 0.1) is 25.7 Å². The molecule has 4 rings (SSSR count). The van der Waals surface area contributed by atoms with E-state index in [1.165, 1.54) is 29.6 Å². The van der Waals surface area contributed by atoms with Gasteiger partial charge in [0.25, 0.3) is 5.56 Å². The molecule has 0 bridgehead atoms. The number of nitrogens with zero attached hydrogens (tertiary/aromatic N) is 4. The van der Waals surface area contributed by atoms with Crippen molar-refractivity contribution in [1.82, 2.24) is 19.3 Å². The van der Waals surface area contributed by atoms with Crippen molar-refractivity contribution in [2.45, 2.75) is 11.6 Å². The molecule has 3 aromatic rings. The molecule has 0 unspecified atom stereocenters. The minimum absolute atomic E-state index is 0.00888. The SMILES string of the molecule is COc1ccc(/C=C/C(=O)OCn2nnc3ccccc3c2=O)cc1S(=O)(=O)N1CCOCC1. The number of carbonyl (C=O) groups excluding carboxylic acids is 1. The van der Waals surface area contributed by atoms with Gasteiger partial charge in [-0.15, -0.1) is 5.10 Å². The Balaban J connectivity index is 1.48. The number of sulfonamides is 1. The van der Waals surface area contributed by atoms with Crippen LogP contribution in [-0.4, -0.2) is 67.1 Å². The van der Waals surface area contributed by atoms with E-state index in [0.29, 0.717) is 29.7 Å². The highest BCUT2D eigenvalue weighted by Crippen LogP contribution is 2.28. The van der Waals surface area contributed by atoms with Gasteiger partial charge in [0, 0.05) is 19.2 Å². The van der Waals surface area contributed by atoms with Crippen LogP contribution < -0.4 is 10.3 Å². The third-order valence-electron chi connectivity index (χ3n) is 5.15. The van der Waals surface area contributed by atoms with Crippen LogP contribution in [0.3, 0.4) is 0 Å². The van der Waals surface area contributed by atoms with Crippen molar-refractivity contribution < 1.29 is 27.4 Å². The van der Waals surface area contributed by atoms with E-state index in [9.17, 15) is 18.0 Å². The monoisotopic (exact) mass is 486 g/mol. The van der Waals surface area contributed by atoms with Crippen LogP contribution in [0.4, 0.5) is 0 Å². The third-order valence-corrected chi connectivity index (χ3v) is 7.07. The van der Waals surface area contributed by atoms with Crippen molar-refractivity contribution in [2.75, 3.05) is 33.4 Å². The number of esters is 1. The summed E-state index contributed by atoms with van der Waals surface area (Å²) in [4.78, 5) is 24.6. The Morgan fingerprint density at radius 3 is 2.71 bits per heavy atom. The van der Waals surface area contributed by atoms with Gasteiger partial charge in [-0.25, -0.2) is 13.2 Å². The van der Waals surface area contributed by atoms with Crippen molar-refractivity contribution >= 4 is 33.0 Å². The first-order valence-electron chi connectivity index (χ1n) is 10.3. The molecule has 11 nitrogen and oxygen atoms in total. The lowest BCUT2D eigenvalue weighted by molar-refractivity contribution is -0.141. The molecule has 1 aromatic heterocycles. The van der Waals surface area contributed by atoms with E-state index in [4.69, 9.17) is 14.2 Å². The summed E-state index contributed by atoms with van der Waals surface area (Å²) in [6.07, 6.45) is 2.54. The molecule has 1 aliphatic rings. The highest BCUT2D eigenvalue weighted by atomic mass is 32.2. The fourth-order valence-electron chi connectivity index (χ4n) is 3.37. The molecule has 0 aliphatic carbocycles. The highest BCUT2D eigenvalue weighted by Gasteiger charge is 2.29. The Morgan fingerprint density at radius 1 is 1.18 bits per heavy atom. The maximum absolute atomic E-state index is 13.1. The zero-order chi connectivity index (χ0) is 24.1. The molecule has 178 valence electrons. The van der Waals surface area contributed by atoms with E-state index in [0.717, 1.165) is 10.8 Å². The zero-order valence-electron chi connectivity index (χ0n) is 18.3.